The maximum absolute atomic E-state index is 12.3. The maximum atomic E-state index is 12.3. The average molecular weight is 408 g/mol. The molecular formula is C22H22ClN5O. The molecule has 2 heterocycles. The van der Waals surface area contributed by atoms with Crippen molar-refractivity contribution in [2.24, 2.45) is 0 Å². The molecule has 7 heteroatoms. The number of nitrogens with one attached hydrogen (secondary N) is 2. The first-order valence-electron chi connectivity index (χ1n) is 9.64. The van der Waals surface area contributed by atoms with Crippen molar-refractivity contribution >= 4 is 35.0 Å². The second kappa shape index (κ2) is 8.92. The number of anilines is 3. The van der Waals surface area contributed by atoms with E-state index < -0.39 is 0 Å². The molecule has 0 atom stereocenters. The van der Waals surface area contributed by atoms with Gasteiger partial charge in [-0.3, -0.25) is 4.79 Å². The fraction of sp³-hybridized carbons (Fsp3) is 0.227. The summed E-state index contributed by atoms with van der Waals surface area (Å²) in [4.78, 5) is 23.5. The molecule has 3 aromatic rings. The van der Waals surface area contributed by atoms with Crippen LogP contribution in [0.5, 0.6) is 0 Å². The SMILES string of the molecule is O=C(NC1CCN(c2nccc(Nc3ccccc3Cl)n2)CC1)c1ccccc1. The van der Waals surface area contributed by atoms with Gasteiger partial charge in [-0.25, -0.2) is 4.98 Å². The molecule has 1 amide bonds. The molecule has 0 unspecified atom stereocenters. The number of piperidine rings is 1. The number of halogens is 1. The number of hydrogen-bond acceptors (Lipinski definition) is 5. The first-order chi connectivity index (χ1) is 14.2. The number of hydrogen-bond donors (Lipinski definition) is 2. The predicted octanol–water partition coefficient (Wildman–Crippen LogP) is 4.27. The van der Waals surface area contributed by atoms with Crippen molar-refractivity contribution in [3.8, 4) is 0 Å². The highest BCUT2D eigenvalue weighted by molar-refractivity contribution is 6.33. The van der Waals surface area contributed by atoms with Crippen molar-refractivity contribution in [2.75, 3.05) is 23.3 Å². The highest BCUT2D eigenvalue weighted by Gasteiger charge is 2.22. The quantitative estimate of drug-likeness (QED) is 0.660. The summed E-state index contributed by atoms with van der Waals surface area (Å²) in [6.07, 6.45) is 3.44. The van der Waals surface area contributed by atoms with E-state index in [1.54, 1.807) is 6.20 Å². The Morgan fingerprint density at radius 2 is 1.72 bits per heavy atom. The lowest BCUT2D eigenvalue weighted by Gasteiger charge is -2.32. The van der Waals surface area contributed by atoms with E-state index in [1.165, 1.54) is 0 Å². The molecule has 2 N–H and O–H groups in total. The van der Waals surface area contributed by atoms with Crippen LogP contribution < -0.4 is 15.5 Å². The number of amides is 1. The topological polar surface area (TPSA) is 70.2 Å². The van der Waals surface area contributed by atoms with Gasteiger partial charge in [-0.2, -0.15) is 4.98 Å². The Morgan fingerprint density at radius 1 is 1.00 bits per heavy atom. The van der Waals surface area contributed by atoms with Gasteiger partial charge in [0, 0.05) is 30.9 Å². The zero-order chi connectivity index (χ0) is 20.1. The first-order valence-corrected chi connectivity index (χ1v) is 10.0. The van der Waals surface area contributed by atoms with Crippen LogP contribution in [-0.2, 0) is 0 Å². The molecule has 148 valence electrons. The zero-order valence-electron chi connectivity index (χ0n) is 15.9. The Kier molecular flexibility index (Phi) is 5.91. The third kappa shape index (κ3) is 4.84. The lowest BCUT2D eigenvalue weighted by molar-refractivity contribution is 0.0931. The van der Waals surface area contributed by atoms with Crippen LogP contribution in [0.15, 0.2) is 66.9 Å². The second-order valence-corrected chi connectivity index (χ2v) is 7.35. The number of carbonyl (C=O) groups excluding carboxylic acids is 1. The standard InChI is InChI=1S/C22H22ClN5O/c23-18-8-4-5-9-19(18)26-20-10-13-24-22(27-20)28-14-11-17(12-15-28)25-21(29)16-6-2-1-3-7-16/h1-10,13,17H,11-12,14-15H2,(H,25,29)(H,24,26,27). The molecular weight excluding hydrogens is 386 g/mol. The van der Waals surface area contributed by atoms with E-state index in [0.717, 1.165) is 31.6 Å². The van der Waals surface area contributed by atoms with Crippen LogP contribution >= 0.6 is 11.6 Å². The van der Waals surface area contributed by atoms with Gasteiger partial charge in [0.25, 0.3) is 5.91 Å². The molecule has 0 spiro atoms. The summed E-state index contributed by atoms with van der Waals surface area (Å²) in [5, 5.41) is 7.00. The summed E-state index contributed by atoms with van der Waals surface area (Å²) in [6, 6.07) is 18.8. The lowest BCUT2D eigenvalue weighted by atomic mass is 10.0. The molecule has 1 aromatic heterocycles. The molecule has 0 saturated carbocycles. The van der Waals surface area contributed by atoms with E-state index in [-0.39, 0.29) is 11.9 Å². The van der Waals surface area contributed by atoms with Crippen molar-refractivity contribution < 1.29 is 4.79 Å². The van der Waals surface area contributed by atoms with Crippen molar-refractivity contribution in [3.63, 3.8) is 0 Å². The first kappa shape index (κ1) is 19.2. The van der Waals surface area contributed by atoms with E-state index in [4.69, 9.17) is 11.6 Å². The number of aromatic nitrogens is 2. The molecule has 1 saturated heterocycles. The van der Waals surface area contributed by atoms with Crippen molar-refractivity contribution in [3.05, 3.63) is 77.4 Å². The van der Waals surface area contributed by atoms with Crippen LogP contribution in [0.2, 0.25) is 5.02 Å². The summed E-state index contributed by atoms with van der Waals surface area (Å²) < 4.78 is 0. The molecule has 1 fully saturated rings. The fourth-order valence-electron chi connectivity index (χ4n) is 3.35. The number of carbonyl (C=O) groups is 1. The smallest absolute Gasteiger partial charge is 0.251 e. The summed E-state index contributed by atoms with van der Waals surface area (Å²) in [7, 11) is 0. The lowest BCUT2D eigenvalue weighted by Crippen LogP contribution is -2.45. The van der Waals surface area contributed by atoms with Crippen LogP contribution in [0.1, 0.15) is 23.2 Å². The molecule has 4 rings (SSSR count). The van der Waals surface area contributed by atoms with Crippen molar-refractivity contribution in [1.82, 2.24) is 15.3 Å². The van der Waals surface area contributed by atoms with Gasteiger partial charge in [-0.05, 0) is 43.2 Å². The second-order valence-electron chi connectivity index (χ2n) is 6.95. The minimum Gasteiger partial charge on any atom is -0.349 e. The predicted molar refractivity (Wildman–Crippen MR) is 116 cm³/mol. The zero-order valence-corrected chi connectivity index (χ0v) is 16.6. The highest BCUT2D eigenvalue weighted by Crippen LogP contribution is 2.25. The number of benzene rings is 2. The minimum absolute atomic E-state index is 0.0220. The van der Waals surface area contributed by atoms with Crippen LogP contribution in [0.25, 0.3) is 0 Å². The molecule has 29 heavy (non-hydrogen) atoms. The van der Waals surface area contributed by atoms with E-state index >= 15 is 0 Å². The van der Waals surface area contributed by atoms with Crippen LogP contribution in [0.4, 0.5) is 17.5 Å². The average Bonchev–Trinajstić information content (AvgIpc) is 2.77. The summed E-state index contributed by atoms with van der Waals surface area (Å²) in [6.45, 7) is 1.57. The Bertz CT molecular complexity index is 974. The fourth-order valence-corrected chi connectivity index (χ4v) is 3.54. The third-order valence-corrected chi connectivity index (χ3v) is 5.26. The molecule has 0 aliphatic carbocycles. The molecule has 1 aliphatic heterocycles. The molecule has 0 radical (unpaired) electrons. The van der Waals surface area contributed by atoms with Gasteiger partial charge in [-0.1, -0.05) is 41.9 Å². The van der Waals surface area contributed by atoms with Crippen LogP contribution in [0.3, 0.4) is 0 Å². The van der Waals surface area contributed by atoms with Crippen LogP contribution in [-0.4, -0.2) is 35.0 Å². The Balaban J connectivity index is 1.35. The monoisotopic (exact) mass is 407 g/mol. The van der Waals surface area contributed by atoms with E-state index in [9.17, 15) is 4.79 Å². The van der Waals surface area contributed by atoms with E-state index in [1.807, 2.05) is 60.7 Å². The van der Waals surface area contributed by atoms with Crippen LogP contribution in [0, 0.1) is 0 Å². The number of rotatable bonds is 5. The maximum Gasteiger partial charge on any atom is 0.251 e. The largest absolute Gasteiger partial charge is 0.349 e. The van der Waals surface area contributed by atoms with Gasteiger partial charge in [-0.15, -0.1) is 0 Å². The van der Waals surface area contributed by atoms with Gasteiger partial charge >= 0.3 is 0 Å². The van der Waals surface area contributed by atoms with E-state index in [2.05, 4.69) is 25.5 Å². The minimum atomic E-state index is -0.0220. The van der Waals surface area contributed by atoms with Gasteiger partial charge in [0.15, 0.2) is 0 Å². The summed E-state index contributed by atoms with van der Waals surface area (Å²) >= 11 is 6.21. The Hall–Kier alpha value is -3.12. The summed E-state index contributed by atoms with van der Waals surface area (Å²) in [5.74, 6) is 1.35. The van der Waals surface area contributed by atoms with Gasteiger partial charge in [0.05, 0.1) is 10.7 Å². The normalized spacial score (nSPS) is 14.4. The molecule has 6 nitrogen and oxygen atoms in total. The Labute approximate surface area is 174 Å². The third-order valence-electron chi connectivity index (χ3n) is 4.93. The summed E-state index contributed by atoms with van der Waals surface area (Å²) in [5.41, 5.74) is 1.50. The molecule has 0 bridgehead atoms. The van der Waals surface area contributed by atoms with Gasteiger partial charge < -0.3 is 15.5 Å². The van der Waals surface area contributed by atoms with Crippen molar-refractivity contribution in [1.29, 1.82) is 0 Å². The number of para-hydroxylation sites is 1. The molecule has 2 aromatic carbocycles. The Morgan fingerprint density at radius 3 is 2.48 bits per heavy atom. The van der Waals surface area contributed by atoms with Gasteiger partial charge in [0.1, 0.15) is 5.82 Å². The molecule has 1 aliphatic rings. The van der Waals surface area contributed by atoms with Gasteiger partial charge in [0.2, 0.25) is 5.95 Å². The van der Waals surface area contributed by atoms with E-state index in [0.29, 0.717) is 22.4 Å². The number of nitrogens with zero attached hydrogens (tertiary/aromatic N) is 3. The van der Waals surface area contributed by atoms with Crippen molar-refractivity contribution in [2.45, 2.75) is 18.9 Å². The highest BCUT2D eigenvalue weighted by atomic mass is 35.5.